The molecular weight excluding hydrogens is 371 g/mol. The lowest BCUT2D eigenvalue weighted by Gasteiger charge is -2.11. The van der Waals surface area contributed by atoms with Crippen LogP contribution in [0, 0.1) is 5.82 Å². The number of amides is 1. The van der Waals surface area contributed by atoms with Crippen LogP contribution >= 0.6 is 11.6 Å². The maximum Gasteiger partial charge on any atom is 0.270 e. The minimum Gasteiger partial charge on any atom is -0.347 e. The number of rotatable bonds is 4. The topological polar surface area (TPSA) is 101 Å². The van der Waals surface area contributed by atoms with E-state index >= 15 is 0 Å². The molecule has 1 saturated heterocycles. The summed E-state index contributed by atoms with van der Waals surface area (Å²) in [5.74, 6) is -0.698. The standard InChI is InChI=1S/C15H14ClFN4O3S/c16-11-5-9(1-2-12(11)17)20-14-6-13(18-8-19-14)15(22)21-10-3-4-25(23,24)7-10/h1-2,5-6,8,10H,3-4,7H2,(H,21,22)(H,18,19,20). The molecule has 1 aliphatic heterocycles. The first kappa shape index (κ1) is 17.6. The lowest BCUT2D eigenvalue weighted by Crippen LogP contribution is -2.36. The van der Waals surface area contributed by atoms with Crippen molar-refractivity contribution in [2.75, 3.05) is 16.8 Å². The Bertz CT molecular complexity index is 923. The SMILES string of the molecule is O=C(NC1CCS(=O)(=O)C1)c1cc(Nc2ccc(F)c(Cl)c2)ncn1. The van der Waals surface area contributed by atoms with Crippen LogP contribution in [-0.2, 0) is 9.84 Å². The van der Waals surface area contributed by atoms with Crippen molar-refractivity contribution < 1.29 is 17.6 Å². The van der Waals surface area contributed by atoms with Crippen LogP contribution in [0.5, 0.6) is 0 Å². The highest BCUT2D eigenvalue weighted by molar-refractivity contribution is 7.91. The van der Waals surface area contributed by atoms with Gasteiger partial charge in [-0.15, -0.1) is 0 Å². The molecule has 0 saturated carbocycles. The van der Waals surface area contributed by atoms with Gasteiger partial charge in [-0.05, 0) is 24.6 Å². The highest BCUT2D eigenvalue weighted by Crippen LogP contribution is 2.22. The first-order valence-electron chi connectivity index (χ1n) is 7.38. The highest BCUT2D eigenvalue weighted by atomic mass is 35.5. The van der Waals surface area contributed by atoms with Gasteiger partial charge in [0.15, 0.2) is 9.84 Å². The smallest absolute Gasteiger partial charge is 0.270 e. The Kier molecular flexibility index (Phi) is 4.87. The number of sulfone groups is 1. The molecule has 1 atom stereocenters. The Hall–Kier alpha value is -2.26. The number of nitrogens with zero attached hydrogens (tertiary/aromatic N) is 2. The Balaban J connectivity index is 1.70. The second-order valence-electron chi connectivity index (χ2n) is 5.62. The summed E-state index contributed by atoms with van der Waals surface area (Å²) >= 11 is 5.72. The molecule has 2 aromatic rings. The predicted octanol–water partition coefficient (Wildman–Crippen LogP) is 1.93. The number of anilines is 2. The molecule has 1 amide bonds. The van der Waals surface area contributed by atoms with E-state index in [9.17, 15) is 17.6 Å². The Labute approximate surface area is 148 Å². The number of halogens is 2. The van der Waals surface area contributed by atoms with Crippen LogP contribution in [0.1, 0.15) is 16.9 Å². The zero-order valence-electron chi connectivity index (χ0n) is 12.9. The van der Waals surface area contributed by atoms with Crippen LogP contribution in [0.3, 0.4) is 0 Å². The van der Waals surface area contributed by atoms with Gasteiger partial charge in [-0.25, -0.2) is 22.8 Å². The Morgan fingerprint density at radius 1 is 1.28 bits per heavy atom. The molecule has 1 aliphatic rings. The minimum absolute atomic E-state index is 0.0422. The van der Waals surface area contributed by atoms with Crippen molar-refractivity contribution in [2.45, 2.75) is 12.5 Å². The third kappa shape index (κ3) is 4.43. The van der Waals surface area contributed by atoms with Crippen molar-refractivity contribution in [1.29, 1.82) is 0 Å². The maximum absolute atomic E-state index is 13.2. The average molecular weight is 385 g/mol. The van der Waals surface area contributed by atoms with Gasteiger partial charge in [0.05, 0.1) is 16.5 Å². The van der Waals surface area contributed by atoms with Gasteiger partial charge in [-0.3, -0.25) is 4.79 Å². The molecule has 0 radical (unpaired) electrons. The van der Waals surface area contributed by atoms with Gasteiger partial charge < -0.3 is 10.6 Å². The van der Waals surface area contributed by atoms with E-state index in [0.29, 0.717) is 17.9 Å². The molecule has 1 aromatic carbocycles. The molecule has 1 fully saturated rings. The van der Waals surface area contributed by atoms with E-state index in [4.69, 9.17) is 11.6 Å². The van der Waals surface area contributed by atoms with E-state index in [1.165, 1.54) is 30.6 Å². The summed E-state index contributed by atoms with van der Waals surface area (Å²) in [5, 5.41) is 5.51. The van der Waals surface area contributed by atoms with Crippen molar-refractivity contribution >= 4 is 38.9 Å². The van der Waals surface area contributed by atoms with Crippen molar-refractivity contribution in [1.82, 2.24) is 15.3 Å². The normalized spacial score (nSPS) is 18.7. The lowest BCUT2D eigenvalue weighted by molar-refractivity contribution is 0.0936. The lowest BCUT2D eigenvalue weighted by atomic mass is 10.2. The molecule has 2 N–H and O–H groups in total. The van der Waals surface area contributed by atoms with Crippen molar-refractivity contribution in [3.8, 4) is 0 Å². The summed E-state index contributed by atoms with van der Waals surface area (Å²) in [7, 11) is -3.08. The molecule has 10 heteroatoms. The van der Waals surface area contributed by atoms with Crippen LogP contribution in [-0.4, -0.2) is 41.8 Å². The fourth-order valence-electron chi connectivity index (χ4n) is 2.44. The zero-order valence-corrected chi connectivity index (χ0v) is 14.4. The summed E-state index contributed by atoms with van der Waals surface area (Å²) in [5.41, 5.74) is 0.591. The number of nitrogens with one attached hydrogen (secondary N) is 2. The average Bonchev–Trinajstić information content (AvgIpc) is 2.90. The Morgan fingerprint density at radius 2 is 2.08 bits per heavy atom. The molecule has 3 rings (SSSR count). The molecule has 0 aliphatic carbocycles. The first-order valence-corrected chi connectivity index (χ1v) is 9.58. The number of carbonyl (C=O) groups excluding carboxylic acids is 1. The molecule has 1 aromatic heterocycles. The number of carbonyl (C=O) groups is 1. The largest absolute Gasteiger partial charge is 0.347 e. The summed E-state index contributed by atoms with van der Waals surface area (Å²) in [6, 6.07) is 5.07. The van der Waals surface area contributed by atoms with Crippen LogP contribution in [0.2, 0.25) is 5.02 Å². The molecule has 0 spiro atoms. The van der Waals surface area contributed by atoms with E-state index in [1.807, 2.05) is 0 Å². The summed E-state index contributed by atoms with van der Waals surface area (Å²) in [6.45, 7) is 0. The van der Waals surface area contributed by atoms with Crippen LogP contribution in [0.15, 0.2) is 30.6 Å². The minimum atomic E-state index is -3.08. The van der Waals surface area contributed by atoms with Gasteiger partial charge in [-0.2, -0.15) is 0 Å². The first-order chi connectivity index (χ1) is 11.8. The van der Waals surface area contributed by atoms with Crippen LogP contribution < -0.4 is 10.6 Å². The van der Waals surface area contributed by atoms with Gasteiger partial charge in [-0.1, -0.05) is 11.6 Å². The fourth-order valence-corrected chi connectivity index (χ4v) is 4.29. The van der Waals surface area contributed by atoms with E-state index in [1.54, 1.807) is 0 Å². The van der Waals surface area contributed by atoms with Crippen LogP contribution in [0.4, 0.5) is 15.9 Å². The van der Waals surface area contributed by atoms with Gasteiger partial charge in [0, 0.05) is 17.8 Å². The second kappa shape index (κ2) is 6.93. The van der Waals surface area contributed by atoms with Crippen LogP contribution in [0.25, 0.3) is 0 Å². The summed E-state index contributed by atoms with van der Waals surface area (Å²) < 4.78 is 36.1. The molecule has 1 unspecified atom stereocenters. The predicted molar refractivity (Wildman–Crippen MR) is 91.2 cm³/mol. The molecule has 7 nitrogen and oxygen atoms in total. The van der Waals surface area contributed by atoms with Crippen molar-refractivity contribution in [3.63, 3.8) is 0 Å². The third-order valence-electron chi connectivity index (χ3n) is 3.66. The van der Waals surface area contributed by atoms with Gasteiger partial charge >= 0.3 is 0 Å². The van der Waals surface area contributed by atoms with Crippen molar-refractivity contribution in [3.05, 3.63) is 47.1 Å². The summed E-state index contributed by atoms with van der Waals surface area (Å²) in [6.07, 6.45) is 1.59. The number of hydrogen-bond acceptors (Lipinski definition) is 6. The fraction of sp³-hybridized carbons (Fsp3) is 0.267. The Morgan fingerprint density at radius 3 is 2.76 bits per heavy atom. The molecular formula is C15H14ClFN4O3S. The monoisotopic (exact) mass is 384 g/mol. The van der Waals surface area contributed by atoms with Gasteiger partial charge in [0.2, 0.25) is 0 Å². The van der Waals surface area contributed by atoms with Crippen molar-refractivity contribution in [2.24, 2.45) is 0 Å². The van der Waals surface area contributed by atoms with E-state index in [-0.39, 0.29) is 22.2 Å². The number of aromatic nitrogens is 2. The third-order valence-corrected chi connectivity index (χ3v) is 5.72. The van der Waals surface area contributed by atoms with Gasteiger partial charge in [0.1, 0.15) is 23.7 Å². The highest BCUT2D eigenvalue weighted by Gasteiger charge is 2.29. The maximum atomic E-state index is 13.2. The summed E-state index contributed by atoms with van der Waals surface area (Å²) in [4.78, 5) is 20.1. The van der Waals surface area contributed by atoms with E-state index in [2.05, 4.69) is 20.6 Å². The van der Waals surface area contributed by atoms with Gasteiger partial charge in [0.25, 0.3) is 5.91 Å². The molecule has 0 bridgehead atoms. The zero-order chi connectivity index (χ0) is 18.0. The molecule has 25 heavy (non-hydrogen) atoms. The quantitative estimate of drug-likeness (QED) is 0.835. The molecule has 2 heterocycles. The van der Waals surface area contributed by atoms with E-state index in [0.717, 1.165) is 0 Å². The number of benzene rings is 1. The van der Waals surface area contributed by atoms with E-state index < -0.39 is 27.6 Å². The second-order valence-corrected chi connectivity index (χ2v) is 8.25. The molecule has 132 valence electrons. The number of hydrogen-bond donors (Lipinski definition) is 2.